The molecule has 0 spiro atoms. The molecule has 1 unspecified atom stereocenters. The monoisotopic (exact) mass is 221 g/mol. The highest BCUT2D eigenvalue weighted by Gasteiger charge is 2.30. The molecule has 1 aliphatic rings. The van der Waals surface area contributed by atoms with E-state index in [-0.39, 0.29) is 18.0 Å². The molecule has 0 saturated heterocycles. The van der Waals surface area contributed by atoms with Gasteiger partial charge in [-0.3, -0.25) is 0 Å². The van der Waals surface area contributed by atoms with Gasteiger partial charge in [-0.25, -0.2) is 4.79 Å². The first-order valence-electron chi connectivity index (χ1n) is 4.78. The normalized spacial score (nSPS) is 18.9. The second-order valence-corrected chi connectivity index (χ2v) is 4.84. The number of nitrogens with two attached hydrogens (primary N) is 1. The largest absolute Gasteiger partial charge is 0.465 e. The highest BCUT2D eigenvalue weighted by Crippen LogP contribution is 2.28. The molecule has 2 rings (SSSR count). The molecule has 0 amide bonds. The maximum absolute atomic E-state index is 11.3. The van der Waals surface area contributed by atoms with Crippen molar-refractivity contribution in [3.05, 3.63) is 23.8 Å². The van der Waals surface area contributed by atoms with Crippen LogP contribution in [0.3, 0.4) is 0 Å². The lowest BCUT2D eigenvalue weighted by atomic mass is 9.47. The van der Waals surface area contributed by atoms with E-state index in [4.69, 9.17) is 5.73 Å². The second-order valence-electron chi connectivity index (χ2n) is 3.62. The summed E-state index contributed by atoms with van der Waals surface area (Å²) in [4.78, 5) is 12.5. The van der Waals surface area contributed by atoms with E-state index in [2.05, 4.69) is 11.6 Å². The van der Waals surface area contributed by atoms with E-state index in [1.807, 2.05) is 12.1 Å². The lowest BCUT2D eigenvalue weighted by Gasteiger charge is -2.05. The average molecular weight is 221 g/mol. The van der Waals surface area contributed by atoms with Gasteiger partial charge in [0.1, 0.15) is 0 Å². The minimum atomic E-state index is -0.296. The van der Waals surface area contributed by atoms with Gasteiger partial charge in [0, 0.05) is 10.2 Å². The van der Waals surface area contributed by atoms with Crippen molar-refractivity contribution in [3.63, 3.8) is 0 Å². The Morgan fingerprint density at radius 1 is 1.60 bits per heavy atom. The molecule has 1 atom stereocenters. The first-order chi connectivity index (χ1) is 7.13. The van der Waals surface area contributed by atoms with Crippen molar-refractivity contribution in [1.29, 1.82) is 0 Å². The summed E-state index contributed by atoms with van der Waals surface area (Å²) in [6.07, 6.45) is 0. The Balaban J connectivity index is 2.39. The third-order valence-corrected chi connectivity index (χ3v) is 3.98. The molecule has 0 radical (unpaired) electrons. The molecule has 0 fully saturated rings. The molecule has 1 aliphatic heterocycles. The van der Waals surface area contributed by atoms with Crippen LogP contribution in [0.25, 0.3) is 0 Å². The van der Waals surface area contributed by atoms with Crippen molar-refractivity contribution in [1.82, 2.24) is 0 Å². The third kappa shape index (κ3) is 1.77. The van der Waals surface area contributed by atoms with Crippen LogP contribution in [0, 0.1) is 0 Å². The van der Waals surface area contributed by atoms with Gasteiger partial charge in [0.05, 0.1) is 12.7 Å². The molecule has 1 aromatic rings. The molecule has 0 aliphatic carbocycles. The number of rotatable bonds is 1. The molecule has 1 aromatic carbocycles. The lowest BCUT2D eigenvalue weighted by Crippen LogP contribution is -2.38. The van der Waals surface area contributed by atoms with E-state index in [1.165, 1.54) is 12.0 Å². The van der Waals surface area contributed by atoms with Crippen molar-refractivity contribution >= 4 is 29.9 Å². The molecule has 0 saturated carbocycles. The fourth-order valence-corrected chi connectivity index (χ4v) is 2.85. The number of methoxy groups -OCH3 is 1. The average Bonchev–Trinajstić information content (AvgIpc) is 2.54. The van der Waals surface area contributed by atoms with Crippen LogP contribution < -0.4 is 11.2 Å². The van der Waals surface area contributed by atoms with Crippen LogP contribution in [-0.4, -0.2) is 25.1 Å². The van der Waals surface area contributed by atoms with Crippen LogP contribution >= 0.6 is 11.8 Å². The summed E-state index contributed by atoms with van der Waals surface area (Å²) in [6, 6.07) is 5.60. The van der Waals surface area contributed by atoms with Crippen LogP contribution in [0.15, 0.2) is 23.1 Å². The van der Waals surface area contributed by atoms with E-state index in [9.17, 15) is 4.79 Å². The Kier molecular flexibility index (Phi) is 2.75. The summed E-state index contributed by atoms with van der Waals surface area (Å²) in [6.45, 7) is 2.36. The van der Waals surface area contributed by atoms with E-state index >= 15 is 0 Å². The summed E-state index contributed by atoms with van der Waals surface area (Å²) in [7, 11) is 1.39. The Labute approximate surface area is 93.4 Å². The molecule has 0 bridgehead atoms. The smallest absolute Gasteiger partial charge is 0.337 e. The maximum Gasteiger partial charge on any atom is 0.337 e. The number of esters is 1. The van der Waals surface area contributed by atoms with Gasteiger partial charge in [-0.15, -0.1) is 11.8 Å². The fourth-order valence-electron chi connectivity index (χ4n) is 1.68. The number of carbonyl (C=O) groups is 1. The third-order valence-electron chi connectivity index (χ3n) is 2.68. The summed E-state index contributed by atoms with van der Waals surface area (Å²) >= 11 is 1.65. The van der Waals surface area contributed by atoms with Crippen molar-refractivity contribution in [2.45, 2.75) is 17.0 Å². The van der Waals surface area contributed by atoms with Crippen molar-refractivity contribution in [2.75, 3.05) is 7.11 Å². The zero-order chi connectivity index (χ0) is 11.0. The van der Waals surface area contributed by atoms with Crippen LogP contribution in [0.1, 0.15) is 10.4 Å². The molecule has 15 heavy (non-hydrogen) atoms. The SMILES string of the molecule is COC(=O)c1ccc2c(c1)B(C)C(N)S2. The minimum Gasteiger partial charge on any atom is -0.465 e. The Hall–Kier alpha value is -0.935. The van der Waals surface area contributed by atoms with Gasteiger partial charge in [0.15, 0.2) is 0 Å². The summed E-state index contributed by atoms with van der Waals surface area (Å²) in [5.41, 5.74) is 7.68. The first-order valence-corrected chi connectivity index (χ1v) is 5.66. The zero-order valence-corrected chi connectivity index (χ0v) is 9.51. The molecule has 0 aromatic heterocycles. The van der Waals surface area contributed by atoms with Crippen molar-refractivity contribution in [2.24, 2.45) is 5.73 Å². The Morgan fingerprint density at radius 2 is 2.33 bits per heavy atom. The molecule has 1 heterocycles. The summed E-state index contributed by atoms with van der Waals surface area (Å²) in [5, 5.41) is 0.0906. The highest BCUT2D eigenvalue weighted by atomic mass is 32.2. The number of ether oxygens (including phenoxy) is 1. The summed E-state index contributed by atoms with van der Waals surface area (Å²) < 4.78 is 4.68. The predicted octanol–water partition coefficient (Wildman–Crippen LogP) is 0.734. The fraction of sp³-hybridized carbons (Fsp3) is 0.300. The van der Waals surface area contributed by atoms with E-state index < -0.39 is 0 Å². The van der Waals surface area contributed by atoms with Crippen LogP contribution in [0.2, 0.25) is 6.82 Å². The standard InChI is InChI=1S/C10H12BNO2S/c1-11-7-5-6(9(13)14-2)3-4-8(7)15-10(11)12/h3-5,10H,12H2,1-2H3. The molecule has 78 valence electrons. The molecular weight excluding hydrogens is 209 g/mol. The number of hydrogen-bond donors (Lipinski definition) is 1. The van der Waals surface area contributed by atoms with Crippen molar-refractivity contribution in [3.8, 4) is 0 Å². The van der Waals surface area contributed by atoms with Gasteiger partial charge in [0.2, 0.25) is 6.71 Å². The van der Waals surface area contributed by atoms with Crippen LogP contribution in [0.5, 0.6) is 0 Å². The molecule has 2 N–H and O–H groups in total. The molecule has 3 nitrogen and oxygen atoms in total. The molecule has 5 heteroatoms. The lowest BCUT2D eigenvalue weighted by molar-refractivity contribution is 0.0601. The van der Waals surface area contributed by atoms with Gasteiger partial charge in [-0.05, 0) is 12.1 Å². The highest BCUT2D eigenvalue weighted by molar-refractivity contribution is 8.02. The first kappa shape index (κ1) is 10.6. The van der Waals surface area contributed by atoms with Crippen LogP contribution in [-0.2, 0) is 4.74 Å². The van der Waals surface area contributed by atoms with Gasteiger partial charge < -0.3 is 10.5 Å². The van der Waals surface area contributed by atoms with E-state index in [1.54, 1.807) is 17.8 Å². The van der Waals surface area contributed by atoms with Gasteiger partial charge >= 0.3 is 5.97 Å². The second kappa shape index (κ2) is 3.91. The van der Waals surface area contributed by atoms with E-state index in [0.717, 1.165) is 5.46 Å². The quantitative estimate of drug-likeness (QED) is 0.561. The zero-order valence-electron chi connectivity index (χ0n) is 8.69. The maximum atomic E-state index is 11.3. The van der Waals surface area contributed by atoms with Gasteiger partial charge in [-0.2, -0.15) is 0 Å². The Morgan fingerprint density at radius 3 is 3.00 bits per heavy atom. The predicted molar refractivity (Wildman–Crippen MR) is 62.9 cm³/mol. The number of hydrogen-bond acceptors (Lipinski definition) is 4. The van der Waals surface area contributed by atoms with Crippen LogP contribution in [0.4, 0.5) is 0 Å². The van der Waals surface area contributed by atoms with Crippen molar-refractivity contribution < 1.29 is 9.53 Å². The van der Waals surface area contributed by atoms with E-state index in [0.29, 0.717) is 5.56 Å². The number of benzene rings is 1. The number of carbonyl (C=O) groups excluding carboxylic acids is 1. The van der Waals surface area contributed by atoms with Gasteiger partial charge in [-0.1, -0.05) is 18.4 Å². The van der Waals surface area contributed by atoms with Gasteiger partial charge in [0.25, 0.3) is 0 Å². The topological polar surface area (TPSA) is 52.3 Å². The Bertz CT molecular complexity index is 410. The number of fused-ring (bicyclic) bond motifs is 1. The number of thioether (sulfide) groups is 1. The molecular formula is C10H12BNO2S. The minimum absolute atomic E-state index is 0.0906. The summed E-state index contributed by atoms with van der Waals surface area (Å²) in [5.74, 6) is -0.296.